The Labute approximate surface area is 189 Å². The molecule has 2 amide bonds. The summed E-state index contributed by atoms with van der Waals surface area (Å²) in [5.74, 6) is -0.988. The molecule has 33 heavy (non-hydrogen) atoms. The van der Waals surface area contributed by atoms with E-state index in [0.29, 0.717) is 37.7 Å². The van der Waals surface area contributed by atoms with Crippen molar-refractivity contribution in [3.8, 4) is 5.69 Å². The summed E-state index contributed by atoms with van der Waals surface area (Å²) in [6, 6.07) is 13.0. The van der Waals surface area contributed by atoms with Gasteiger partial charge in [0.2, 0.25) is 5.91 Å². The van der Waals surface area contributed by atoms with E-state index < -0.39 is 16.7 Å². The molecule has 0 radical (unpaired) electrons. The highest BCUT2D eigenvalue weighted by Gasteiger charge is 2.22. The summed E-state index contributed by atoms with van der Waals surface area (Å²) >= 11 is 0. The number of morpholine rings is 1. The molecule has 2 aromatic carbocycles. The van der Waals surface area contributed by atoms with E-state index >= 15 is 0 Å². The summed E-state index contributed by atoms with van der Waals surface area (Å²) in [6.07, 6.45) is 3.48. The Morgan fingerprint density at radius 1 is 1.12 bits per heavy atom. The van der Waals surface area contributed by atoms with Gasteiger partial charge in [0.15, 0.2) is 0 Å². The van der Waals surface area contributed by atoms with Crippen molar-refractivity contribution < 1.29 is 19.2 Å². The summed E-state index contributed by atoms with van der Waals surface area (Å²) in [7, 11) is 0. The highest BCUT2D eigenvalue weighted by molar-refractivity contribution is 6.03. The van der Waals surface area contributed by atoms with Crippen molar-refractivity contribution in [1.29, 1.82) is 0 Å². The van der Waals surface area contributed by atoms with Gasteiger partial charge >= 0.3 is 0 Å². The quantitative estimate of drug-likeness (QED) is 0.416. The minimum Gasteiger partial charge on any atom is -0.378 e. The molecule has 4 rings (SSSR count). The first-order valence-electron chi connectivity index (χ1n) is 10.3. The topological polar surface area (TPSA) is 132 Å². The normalized spacial score (nSPS) is 13.4. The van der Waals surface area contributed by atoms with Gasteiger partial charge in [0.25, 0.3) is 11.6 Å². The number of hydrogen-bond donors (Lipinski definition) is 2. The molecule has 0 spiro atoms. The van der Waals surface area contributed by atoms with Gasteiger partial charge in [0.1, 0.15) is 0 Å². The first-order chi connectivity index (χ1) is 16.0. The maximum absolute atomic E-state index is 12.8. The molecule has 3 aromatic rings. The molecule has 1 aliphatic heterocycles. The smallest absolute Gasteiger partial charge is 0.270 e. The average Bonchev–Trinajstić information content (AvgIpc) is 3.38. The first kappa shape index (κ1) is 22.0. The number of rotatable bonds is 7. The molecular formula is C22H22N6O5. The Balaban J connectivity index is 1.40. The van der Waals surface area contributed by atoms with Gasteiger partial charge in [0.05, 0.1) is 41.6 Å². The fourth-order valence-corrected chi connectivity index (χ4v) is 3.48. The maximum Gasteiger partial charge on any atom is 0.270 e. The van der Waals surface area contributed by atoms with E-state index in [-0.39, 0.29) is 17.8 Å². The molecule has 2 N–H and O–H groups in total. The molecule has 2 heterocycles. The Morgan fingerprint density at radius 3 is 2.55 bits per heavy atom. The molecule has 1 aliphatic rings. The number of anilines is 2. The predicted molar refractivity (Wildman–Crippen MR) is 121 cm³/mol. The molecule has 1 aromatic heterocycles. The second kappa shape index (κ2) is 9.92. The van der Waals surface area contributed by atoms with Crippen LogP contribution < -0.4 is 15.5 Å². The van der Waals surface area contributed by atoms with E-state index in [2.05, 4.69) is 15.7 Å². The molecule has 11 heteroatoms. The molecule has 1 saturated heterocycles. The van der Waals surface area contributed by atoms with E-state index in [1.54, 1.807) is 41.2 Å². The van der Waals surface area contributed by atoms with Crippen molar-refractivity contribution >= 4 is 28.9 Å². The van der Waals surface area contributed by atoms with Crippen LogP contribution >= 0.6 is 0 Å². The lowest BCUT2D eigenvalue weighted by Crippen LogP contribution is -2.38. The number of non-ortho nitro benzene ring substituents is 1. The van der Waals surface area contributed by atoms with Gasteiger partial charge in [0, 0.05) is 43.3 Å². The Bertz CT molecular complexity index is 1140. The largest absolute Gasteiger partial charge is 0.378 e. The highest BCUT2D eigenvalue weighted by Crippen LogP contribution is 2.26. The van der Waals surface area contributed by atoms with E-state index in [4.69, 9.17) is 4.74 Å². The number of nitro benzene ring substituents is 1. The van der Waals surface area contributed by atoms with Crippen molar-refractivity contribution in [3.05, 3.63) is 76.6 Å². The third-order valence-corrected chi connectivity index (χ3v) is 5.12. The van der Waals surface area contributed by atoms with Gasteiger partial charge in [-0.05, 0) is 36.4 Å². The molecule has 0 atom stereocenters. The number of ether oxygens (including phenoxy) is 1. The fraction of sp³-hybridized carbons (Fsp3) is 0.227. The monoisotopic (exact) mass is 450 g/mol. The van der Waals surface area contributed by atoms with Crippen LogP contribution in [0.1, 0.15) is 10.4 Å². The maximum atomic E-state index is 12.8. The van der Waals surface area contributed by atoms with E-state index in [1.807, 2.05) is 17.2 Å². The lowest BCUT2D eigenvalue weighted by atomic mass is 10.1. The molecule has 0 saturated carbocycles. The zero-order valence-corrected chi connectivity index (χ0v) is 17.6. The van der Waals surface area contributed by atoms with Crippen molar-refractivity contribution in [2.45, 2.75) is 0 Å². The lowest BCUT2D eigenvalue weighted by Gasteiger charge is -2.30. The van der Waals surface area contributed by atoms with E-state index in [0.717, 1.165) is 5.69 Å². The third kappa shape index (κ3) is 5.33. The van der Waals surface area contributed by atoms with Gasteiger partial charge in [-0.15, -0.1) is 0 Å². The van der Waals surface area contributed by atoms with Gasteiger partial charge < -0.3 is 20.3 Å². The molecule has 1 fully saturated rings. The van der Waals surface area contributed by atoms with Crippen molar-refractivity contribution in [2.24, 2.45) is 0 Å². The van der Waals surface area contributed by atoms with E-state index in [9.17, 15) is 19.7 Å². The standard InChI is InChI=1S/C22H22N6O5/c29-21(25-16-2-4-17(5-3-16)27-9-1-8-24-27)15-23-22(30)19-14-18(28(31)32)6-7-20(19)26-10-12-33-13-11-26/h1-9,14H,10-13,15H2,(H,23,30)(H,25,29). The molecule has 11 nitrogen and oxygen atoms in total. The molecule has 170 valence electrons. The lowest BCUT2D eigenvalue weighted by molar-refractivity contribution is -0.384. The molecule has 0 bridgehead atoms. The Kier molecular flexibility index (Phi) is 6.60. The minimum absolute atomic E-state index is 0.141. The molecule has 0 aliphatic carbocycles. The number of aromatic nitrogens is 2. The van der Waals surface area contributed by atoms with Crippen molar-refractivity contribution in [2.75, 3.05) is 43.1 Å². The minimum atomic E-state index is -0.565. The highest BCUT2D eigenvalue weighted by atomic mass is 16.6. The summed E-state index contributed by atoms with van der Waals surface area (Å²) in [5.41, 5.74) is 1.92. The molecular weight excluding hydrogens is 428 g/mol. The predicted octanol–water partition coefficient (Wildman–Crippen LogP) is 1.99. The number of benzene rings is 2. The van der Waals surface area contributed by atoms with Gasteiger partial charge in [-0.2, -0.15) is 5.10 Å². The Hall–Kier alpha value is -4.25. The summed E-state index contributed by atoms with van der Waals surface area (Å²) in [4.78, 5) is 37.8. The van der Waals surface area contributed by atoms with Crippen LogP contribution in [-0.4, -0.2) is 59.4 Å². The van der Waals surface area contributed by atoms with Crippen LogP contribution in [0.25, 0.3) is 5.69 Å². The van der Waals surface area contributed by atoms with Crippen LogP contribution in [0.5, 0.6) is 0 Å². The van der Waals surface area contributed by atoms with Crippen LogP contribution in [0.2, 0.25) is 0 Å². The number of hydrogen-bond acceptors (Lipinski definition) is 7. The van der Waals surface area contributed by atoms with Crippen molar-refractivity contribution in [3.63, 3.8) is 0 Å². The summed E-state index contributed by atoms with van der Waals surface area (Å²) < 4.78 is 7.03. The Morgan fingerprint density at radius 2 is 1.88 bits per heavy atom. The third-order valence-electron chi connectivity index (χ3n) is 5.12. The van der Waals surface area contributed by atoms with E-state index in [1.165, 1.54) is 12.1 Å². The van der Waals surface area contributed by atoms with Crippen molar-refractivity contribution in [1.82, 2.24) is 15.1 Å². The summed E-state index contributed by atoms with van der Waals surface area (Å²) in [5, 5.41) is 20.6. The second-order valence-electron chi connectivity index (χ2n) is 7.29. The first-order valence-corrected chi connectivity index (χ1v) is 10.3. The SMILES string of the molecule is O=C(CNC(=O)c1cc([N+](=O)[O-])ccc1N1CCOCC1)Nc1ccc(-n2cccn2)cc1. The molecule has 0 unspecified atom stereocenters. The average molecular weight is 450 g/mol. The van der Waals surface area contributed by atoms with Gasteiger partial charge in [-0.1, -0.05) is 0 Å². The number of nitro groups is 1. The van der Waals surface area contributed by atoms with Crippen LogP contribution in [0.3, 0.4) is 0 Å². The van der Waals surface area contributed by atoms with Gasteiger partial charge in [-0.3, -0.25) is 19.7 Å². The zero-order valence-electron chi connectivity index (χ0n) is 17.6. The zero-order chi connectivity index (χ0) is 23.2. The number of nitrogens with one attached hydrogen (secondary N) is 2. The second-order valence-corrected chi connectivity index (χ2v) is 7.29. The van der Waals surface area contributed by atoms with Crippen LogP contribution in [0.15, 0.2) is 60.9 Å². The number of nitrogens with zero attached hydrogens (tertiary/aromatic N) is 4. The van der Waals surface area contributed by atoms with Crippen LogP contribution in [0.4, 0.5) is 17.1 Å². The van der Waals surface area contributed by atoms with Gasteiger partial charge in [-0.25, -0.2) is 4.68 Å². The number of carbonyl (C=O) groups is 2. The van der Waals surface area contributed by atoms with Crippen LogP contribution in [0, 0.1) is 10.1 Å². The number of carbonyl (C=O) groups excluding carboxylic acids is 2. The van der Waals surface area contributed by atoms with Crippen LogP contribution in [-0.2, 0) is 9.53 Å². The number of amides is 2. The summed E-state index contributed by atoms with van der Waals surface area (Å²) in [6.45, 7) is 1.84. The fourth-order valence-electron chi connectivity index (χ4n) is 3.48.